The molecule has 0 aromatic carbocycles. The molecular formula is C12H9BrF3N3O2S2. The fourth-order valence-corrected chi connectivity index (χ4v) is 3.45. The molecule has 0 bridgehead atoms. The van der Waals surface area contributed by atoms with E-state index in [1.807, 2.05) is 0 Å². The Kier molecular flexibility index (Phi) is 5.42. The Morgan fingerprint density at radius 1 is 1.35 bits per heavy atom. The molecule has 0 aliphatic heterocycles. The minimum atomic E-state index is -4.56. The quantitative estimate of drug-likeness (QED) is 0.780. The third kappa shape index (κ3) is 4.75. The summed E-state index contributed by atoms with van der Waals surface area (Å²) < 4.78 is 38.1. The number of aromatic nitrogens is 1. The van der Waals surface area contributed by atoms with Crippen LogP contribution in [0.15, 0.2) is 21.3 Å². The zero-order valence-corrected chi connectivity index (χ0v) is 14.6. The number of anilines is 1. The molecule has 0 saturated heterocycles. The number of alkyl halides is 3. The molecule has 1 unspecified atom stereocenters. The Hall–Kier alpha value is -1.46. The van der Waals surface area contributed by atoms with Gasteiger partial charge in [-0.25, -0.2) is 4.98 Å². The minimum Gasteiger partial charge on any atom is -0.340 e. The molecule has 2 aromatic rings. The number of nitrogens with one attached hydrogen (secondary N) is 2. The fourth-order valence-electron chi connectivity index (χ4n) is 1.44. The second-order valence-corrected chi connectivity index (χ2v) is 7.64. The SMILES string of the molecule is CC(NC(=O)c1ccc(Br)s1)C(=O)Nc1nc(C(F)(F)F)cs1. The Morgan fingerprint density at radius 3 is 2.57 bits per heavy atom. The molecule has 2 aromatic heterocycles. The lowest BCUT2D eigenvalue weighted by molar-refractivity contribution is -0.140. The second kappa shape index (κ2) is 6.97. The maximum absolute atomic E-state index is 12.4. The van der Waals surface area contributed by atoms with Gasteiger partial charge in [0.1, 0.15) is 6.04 Å². The van der Waals surface area contributed by atoms with Crippen LogP contribution >= 0.6 is 38.6 Å². The van der Waals surface area contributed by atoms with Crippen molar-refractivity contribution in [2.75, 3.05) is 5.32 Å². The van der Waals surface area contributed by atoms with Crippen LogP contribution in [0.1, 0.15) is 22.3 Å². The highest BCUT2D eigenvalue weighted by Gasteiger charge is 2.34. The van der Waals surface area contributed by atoms with Crippen molar-refractivity contribution in [1.82, 2.24) is 10.3 Å². The van der Waals surface area contributed by atoms with Crippen molar-refractivity contribution in [2.24, 2.45) is 0 Å². The molecule has 0 radical (unpaired) electrons. The third-order valence-corrected chi connectivity index (χ3v) is 4.94. The van der Waals surface area contributed by atoms with E-state index >= 15 is 0 Å². The van der Waals surface area contributed by atoms with E-state index in [1.54, 1.807) is 12.1 Å². The van der Waals surface area contributed by atoms with Crippen molar-refractivity contribution < 1.29 is 22.8 Å². The number of halogens is 4. The van der Waals surface area contributed by atoms with Crippen LogP contribution in [-0.2, 0) is 11.0 Å². The Morgan fingerprint density at radius 2 is 2.04 bits per heavy atom. The topological polar surface area (TPSA) is 71.1 Å². The molecule has 124 valence electrons. The normalized spacial score (nSPS) is 12.7. The summed E-state index contributed by atoms with van der Waals surface area (Å²) in [6, 6.07) is 2.35. The molecular weight excluding hydrogens is 419 g/mol. The van der Waals surface area contributed by atoms with E-state index in [1.165, 1.54) is 18.3 Å². The lowest BCUT2D eigenvalue weighted by atomic mass is 10.3. The van der Waals surface area contributed by atoms with Gasteiger partial charge in [0.2, 0.25) is 5.91 Å². The molecule has 0 aliphatic carbocycles. The van der Waals surface area contributed by atoms with Gasteiger partial charge < -0.3 is 10.6 Å². The summed E-state index contributed by atoms with van der Waals surface area (Å²) in [5.74, 6) is -1.10. The van der Waals surface area contributed by atoms with E-state index in [9.17, 15) is 22.8 Å². The van der Waals surface area contributed by atoms with Crippen LogP contribution in [0.3, 0.4) is 0 Å². The average molecular weight is 428 g/mol. The van der Waals surface area contributed by atoms with Crippen LogP contribution in [0.2, 0.25) is 0 Å². The predicted octanol–water partition coefficient (Wildman–Crippen LogP) is 3.74. The van der Waals surface area contributed by atoms with Crippen LogP contribution < -0.4 is 10.6 Å². The molecule has 0 aliphatic rings. The van der Waals surface area contributed by atoms with Gasteiger partial charge in [-0.15, -0.1) is 22.7 Å². The third-order valence-electron chi connectivity index (χ3n) is 2.56. The number of rotatable bonds is 4. The molecule has 0 saturated carbocycles. The fraction of sp³-hybridized carbons (Fsp3) is 0.250. The van der Waals surface area contributed by atoms with Crippen LogP contribution in [0.25, 0.3) is 0 Å². The van der Waals surface area contributed by atoms with E-state index < -0.39 is 29.7 Å². The van der Waals surface area contributed by atoms with Crippen LogP contribution in [0.4, 0.5) is 18.3 Å². The van der Waals surface area contributed by atoms with Gasteiger partial charge in [0.05, 0.1) is 8.66 Å². The van der Waals surface area contributed by atoms with Crippen molar-refractivity contribution in [3.63, 3.8) is 0 Å². The summed E-state index contributed by atoms with van der Waals surface area (Å²) >= 11 is 5.08. The monoisotopic (exact) mass is 427 g/mol. The molecule has 23 heavy (non-hydrogen) atoms. The van der Waals surface area contributed by atoms with Gasteiger partial charge in [0, 0.05) is 5.38 Å². The van der Waals surface area contributed by atoms with Crippen molar-refractivity contribution >= 4 is 55.5 Å². The lowest BCUT2D eigenvalue weighted by Gasteiger charge is -2.12. The zero-order chi connectivity index (χ0) is 17.2. The maximum Gasteiger partial charge on any atom is 0.434 e. The second-order valence-electron chi connectivity index (χ2n) is 4.32. The van der Waals surface area contributed by atoms with Crippen molar-refractivity contribution in [1.29, 1.82) is 0 Å². The number of amides is 2. The first-order valence-corrected chi connectivity index (χ1v) is 8.55. The molecule has 2 heterocycles. The first-order valence-electron chi connectivity index (χ1n) is 6.06. The summed E-state index contributed by atoms with van der Waals surface area (Å²) in [6.45, 7) is 1.42. The average Bonchev–Trinajstić information content (AvgIpc) is 3.07. The molecule has 1 atom stereocenters. The number of nitrogens with zero attached hydrogens (tertiary/aromatic N) is 1. The van der Waals surface area contributed by atoms with Crippen LogP contribution in [0.5, 0.6) is 0 Å². The van der Waals surface area contributed by atoms with Gasteiger partial charge in [-0.2, -0.15) is 13.2 Å². The van der Waals surface area contributed by atoms with Crippen LogP contribution in [-0.4, -0.2) is 22.8 Å². The number of hydrogen-bond acceptors (Lipinski definition) is 5. The first-order chi connectivity index (χ1) is 10.7. The number of thiophene rings is 1. The predicted molar refractivity (Wildman–Crippen MR) is 84.7 cm³/mol. The largest absolute Gasteiger partial charge is 0.434 e. The molecule has 0 spiro atoms. The summed E-state index contributed by atoms with van der Waals surface area (Å²) in [5, 5.41) is 5.33. The van der Waals surface area contributed by atoms with Crippen molar-refractivity contribution in [3.05, 3.63) is 31.9 Å². The minimum absolute atomic E-state index is 0.178. The van der Waals surface area contributed by atoms with E-state index in [2.05, 4.69) is 31.5 Å². The number of carbonyl (C=O) groups excluding carboxylic acids is 2. The van der Waals surface area contributed by atoms with E-state index in [0.717, 1.165) is 9.17 Å². The molecule has 2 rings (SSSR count). The smallest absolute Gasteiger partial charge is 0.340 e. The van der Waals surface area contributed by atoms with E-state index in [-0.39, 0.29) is 5.13 Å². The zero-order valence-electron chi connectivity index (χ0n) is 11.4. The lowest BCUT2D eigenvalue weighted by Crippen LogP contribution is -2.41. The number of hydrogen-bond donors (Lipinski definition) is 2. The molecule has 5 nitrogen and oxygen atoms in total. The number of thiazole rings is 1. The molecule has 2 amide bonds. The van der Waals surface area contributed by atoms with Gasteiger partial charge in [-0.1, -0.05) is 0 Å². The molecule has 11 heteroatoms. The summed E-state index contributed by atoms with van der Waals surface area (Å²) in [7, 11) is 0. The highest BCUT2D eigenvalue weighted by Crippen LogP contribution is 2.31. The van der Waals surface area contributed by atoms with Gasteiger partial charge in [-0.05, 0) is 35.0 Å². The number of carbonyl (C=O) groups is 2. The van der Waals surface area contributed by atoms with Crippen LogP contribution in [0, 0.1) is 0 Å². The Balaban J connectivity index is 1.95. The summed E-state index contributed by atoms with van der Waals surface area (Å²) in [6.07, 6.45) is -4.56. The van der Waals surface area contributed by atoms with Gasteiger partial charge in [0.15, 0.2) is 10.8 Å². The van der Waals surface area contributed by atoms with Gasteiger partial charge in [0.25, 0.3) is 5.91 Å². The standard InChI is InChI=1S/C12H9BrF3N3O2S2/c1-5(17-10(21)6-2-3-8(13)23-6)9(20)19-11-18-7(4-22-11)12(14,15)16/h2-5H,1H3,(H,17,21)(H,18,19,20). The van der Waals surface area contributed by atoms with Crippen molar-refractivity contribution in [2.45, 2.75) is 19.1 Å². The highest BCUT2D eigenvalue weighted by molar-refractivity contribution is 9.11. The molecule has 0 fully saturated rings. The highest BCUT2D eigenvalue weighted by atomic mass is 79.9. The summed E-state index contributed by atoms with van der Waals surface area (Å²) in [5.41, 5.74) is -1.07. The van der Waals surface area contributed by atoms with E-state index in [0.29, 0.717) is 16.2 Å². The maximum atomic E-state index is 12.4. The molecule has 2 N–H and O–H groups in total. The van der Waals surface area contributed by atoms with Crippen molar-refractivity contribution in [3.8, 4) is 0 Å². The first kappa shape index (κ1) is 17.9. The Labute approximate surface area is 145 Å². The summed E-state index contributed by atoms with van der Waals surface area (Å²) in [4.78, 5) is 27.5. The van der Waals surface area contributed by atoms with Gasteiger partial charge >= 0.3 is 6.18 Å². The van der Waals surface area contributed by atoms with Gasteiger partial charge in [-0.3, -0.25) is 9.59 Å². The Bertz CT molecular complexity index is 729. The van der Waals surface area contributed by atoms with E-state index in [4.69, 9.17) is 0 Å².